The Morgan fingerprint density at radius 3 is 2.77 bits per heavy atom. The van der Waals surface area contributed by atoms with Crippen molar-refractivity contribution >= 4 is 28.7 Å². The van der Waals surface area contributed by atoms with E-state index >= 15 is 0 Å². The molecule has 0 bridgehead atoms. The second-order valence-corrected chi connectivity index (χ2v) is 4.49. The average molecular weight is 218 g/mol. The second-order valence-electron chi connectivity index (χ2n) is 2.77. The number of hydrogen-bond acceptors (Lipinski definition) is 3. The highest BCUT2D eigenvalue weighted by Gasteiger charge is 2.07. The third-order valence-electron chi connectivity index (χ3n) is 1.71. The summed E-state index contributed by atoms with van der Waals surface area (Å²) in [5.74, 6) is 0.172. The molecule has 0 spiro atoms. The number of ketones is 1. The number of rotatable bonds is 5. The normalized spacial score (nSPS) is 10.3. The predicted octanol–water partition coefficient (Wildman–Crippen LogP) is 2.71. The average Bonchev–Trinajstić information content (AvgIpc) is 2.52. The third kappa shape index (κ3) is 3.46. The van der Waals surface area contributed by atoms with Crippen LogP contribution in [0.3, 0.4) is 0 Å². The molecule has 0 fully saturated rings. The number of carbonyl (C=O) groups excluding carboxylic acids is 1. The molecule has 1 rings (SSSR count). The molecule has 0 aliphatic rings. The number of unbranched alkanes of at least 4 members (excludes halogenated alkanes) is 1. The molecular formula is C9H12ClNOS. The SMILES string of the molecule is NCCCCC(=O)c1ccc(Cl)s1. The number of carbonyl (C=O) groups is 1. The molecular weight excluding hydrogens is 206 g/mol. The van der Waals surface area contributed by atoms with Gasteiger partial charge in [0.25, 0.3) is 0 Å². The molecule has 13 heavy (non-hydrogen) atoms. The lowest BCUT2D eigenvalue weighted by Gasteiger charge is -1.95. The van der Waals surface area contributed by atoms with E-state index in [-0.39, 0.29) is 5.78 Å². The van der Waals surface area contributed by atoms with Gasteiger partial charge < -0.3 is 5.73 Å². The summed E-state index contributed by atoms with van der Waals surface area (Å²) in [7, 11) is 0. The van der Waals surface area contributed by atoms with E-state index in [4.69, 9.17) is 17.3 Å². The molecule has 0 atom stereocenters. The van der Waals surface area contributed by atoms with Crippen LogP contribution in [0.4, 0.5) is 0 Å². The molecule has 0 aliphatic carbocycles. The zero-order valence-electron chi connectivity index (χ0n) is 7.25. The van der Waals surface area contributed by atoms with Crippen molar-refractivity contribution in [1.29, 1.82) is 0 Å². The molecule has 0 saturated carbocycles. The Bertz CT molecular complexity index is 285. The maximum Gasteiger partial charge on any atom is 0.172 e. The number of Topliss-reactive ketones (excluding diaryl/α,β-unsaturated/α-hetero) is 1. The molecule has 2 nitrogen and oxygen atoms in total. The Balaban J connectivity index is 2.40. The first-order valence-electron chi connectivity index (χ1n) is 4.22. The first-order chi connectivity index (χ1) is 6.24. The summed E-state index contributed by atoms with van der Waals surface area (Å²) in [6.45, 7) is 0.651. The fourth-order valence-electron chi connectivity index (χ4n) is 1.02. The fourth-order valence-corrected chi connectivity index (χ4v) is 2.03. The van der Waals surface area contributed by atoms with Gasteiger partial charge >= 0.3 is 0 Å². The standard InChI is InChI=1S/C9H12ClNOS/c10-9-5-4-8(13-9)7(12)3-1-2-6-11/h4-5H,1-3,6,11H2. The number of nitrogens with two attached hydrogens (primary N) is 1. The summed E-state index contributed by atoms with van der Waals surface area (Å²) in [6, 6.07) is 3.53. The minimum Gasteiger partial charge on any atom is -0.330 e. The van der Waals surface area contributed by atoms with E-state index in [1.165, 1.54) is 11.3 Å². The molecule has 1 aromatic rings. The molecule has 1 aromatic heterocycles. The van der Waals surface area contributed by atoms with Crippen LogP contribution < -0.4 is 5.73 Å². The van der Waals surface area contributed by atoms with Gasteiger partial charge in [-0.15, -0.1) is 11.3 Å². The summed E-state index contributed by atoms with van der Waals surface area (Å²) in [5.41, 5.74) is 5.33. The molecule has 1 heterocycles. The number of hydrogen-bond donors (Lipinski definition) is 1. The van der Waals surface area contributed by atoms with Crippen molar-refractivity contribution in [2.45, 2.75) is 19.3 Å². The van der Waals surface area contributed by atoms with E-state index in [0.717, 1.165) is 17.7 Å². The molecule has 0 saturated heterocycles. The Hall–Kier alpha value is -0.380. The van der Waals surface area contributed by atoms with Crippen LogP contribution in [0.25, 0.3) is 0 Å². The van der Waals surface area contributed by atoms with Crippen LogP contribution in [-0.4, -0.2) is 12.3 Å². The summed E-state index contributed by atoms with van der Waals surface area (Å²) in [5, 5.41) is 0. The predicted molar refractivity (Wildman–Crippen MR) is 56.6 cm³/mol. The Morgan fingerprint density at radius 2 is 2.23 bits per heavy atom. The van der Waals surface area contributed by atoms with Gasteiger partial charge in [-0.2, -0.15) is 0 Å². The van der Waals surface area contributed by atoms with Gasteiger partial charge in [-0.1, -0.05) is 11.6 Å². The minimum absolute atomic E-state index is 0.172. The van der Waals surface area contributed by atoms with Crippen LogP contribution in [-0.2, 0) is 0 Å². The van der Waals surface area contributed by atoms with Crippen LogP contribution in [0.2, 0.25) is 4.34 Å². The highest BCUT2D eigenvalue weighted by atomic mass is 35.5. The van der Waals surface area contributed by atoms with Gasteiger partial charge in [-0.25, -0.2) is 0 Å². The van der Waals surface area contributed by atoms with E-state index < -0.39 is 0 Å². The molecule has 0 radical (unpaired) electrons. The maximum atomic E-state index is 11.4. The van der Waals surface area contributed by atoms with Crippen molar-refractivity contribution in [2.24, 2.45) is 5.73 Å². The first-order valence-corrected chi connectivity index (χ1v) is 5.42. The van der Waals surface area contributed by atoms with Crippen molar-refractivity contribution in [3.8, 4) is 0 Å². The molecule has 72 valence electrons. The third-order valence-corrected chi connectivity index (χ3v) is 2.98. The van der Waals surface area contributed by atoms with Gasteiger partial charge in [0.05, 0.1) is 9.21 Å². The van der Waals surface area contributed by atoms with Crippen molar-refractivity contribution in [2.75, 3.05) is 6.54 Å². The van der Waals surface area contributed by atoms with E-state index in [0.29, 0.717) is 17.3 Å². The quantitative estimate of drug-likeness (QED) is 0.609. The lowest BCUT2D eigenvalue weighted by atomic mass is 10.1. The van der Waals surface area contributed by atoms with E-state index in [1.807, 2.05) is 0 Å². The van der Waals surface area contributed by atoms with Crippen LogP contribution in [0.1, 0.15) is 28.9 Å². The van der Waals surface area contributed by atoms with Crippen molar-refractivity contribution in [1.82, 2.24) is 0 Å². The van der Waals surface area contributed by atoms with Crippen LogP contribution in [0.15, 0.2) is 12.1 Å². The van der Waals surface area contributed by atoms with Crippen LogP contribution >= 0.6 is 22.9 Å². The zero-order chi connectivity index (χ0) is 9.68. The van der Waals surface area contributed by atoms with Crippen LogP contribution in [0.5, 0.6) is 0 Å². The van der Waals surface area contributed by atoms with Crippen molar-refractivity contribution < 1.29 is 4.79 Å². The summed E-state index contributed by atoms with van der Waals surface area (Å²) >= 11 is 7.05. The first kappa shape index (κ1) is 10.7. The lowest BCUT2D eigenvalue weighted by Crippen LogP contribution is -2.01. The largest absolute Gasteiger partial charge is 0.330 e. The Labute approximate surface area is 86.7 Å². The molecule has 0 unspecified atom stereocenters. The molecule has 0 aromatic carbocycles. The zero-order valence-corrected chi connectivity index (χ0v) is 8.83. The van der Waals surface area contributed by atoms with Gasteiger partial charge in [0.1, 0.15) is 0 Å². The second kappa shape index (κ2) is 5.37. The van der Waals surface area contributed by atoms with Gasteiger partial charge in [0, 0.05) is 6.42 Å². The van der Waals surface area contributed by atoms with E-state index in [1.54, 1.807) is 12.1 Å². The topological polar surface area (TPSA) is 43.1 Å². The minimum atomic E-state index is 0.172. The van der Waals surface area contributed by atoms with E-state index in [2.05, 4.69) is 0 Å². The monoisotopic (exact) mass is 217 g/mol. The molecule has 4 heteroatoms. The lowest BCUT2D eigenvalue weighted by molar-refractivity contribution is 0.0983. The summed E-state index contributed by atoms with van der Waals surface area (Å²) in [4.78, 5) is 12.2. The van der Waals surface area contributed by atoms with Gasteiger partial charge in [0.15, 0.2) is 5.78 Å². The van der Waals surface area contributed by atoms with Gasteiger partial charge in [-0.3, -0.25) is 4.79 Å². The molecule has 0 amide bonds. The van der Waals surface area contributed by atoms with Crippen molar-refractivity contribution in [3.63, 3.8) is 0 Å². The van der Waals surface area contributed by atoms with Gasteiger partial charge in [0.2, 0.25) is 0 Å². The Morgan fingerprint density at radius 1 is 1.46 bits per heavy atom. The maximum absolute atomic E-state index is 11.4. The number of halogens is 1. The molecule has 2 N–H and O–H groups in total. The van der Waals surface area contributed by atoms with Crippen LogP contribution in [0, 0.1) is 0 Å². The van der Waals surface area contributed by atoms with E-state index in [9.17, 15) is 4.79 Å². The van der Waals surface area contributed by atoms with Crippen molar-refractivity contribution in [3.05, 3.63) is 21.3 Å². The Kier molecular flexibility index (Phi) is 4.42. The number of thiophene rings is 1. The fraction of sp³-hybridized carbons (Fsp3) is 0.444. The summed E-state index contributed by atoms with van der Waals surface area (Å²) < 4.78 is 0.669. The van der Waals surface area contributed by atoms with Gasteiger partial charge in [-0.05, 0) is 31.5 Å². The summed E-state index contributed by atoms with van der Waals surface area (Å²) in [6.07, 6.45) is 2.35. The molecule has 0 aliphatic heterocycles. The smallest absolute Gasteiger partial charge is 0.172 e. The highest BCUT2D eigenvalue weighted by Crippen LogP contribution is 2.22. The highest BCUT2D eigenvalue weighted by molar-refractivity contribution is 7.18.